The summed E-state index contributed by atoms with van der Waals surface area (Å²) in [4.78, 5) is 43.0. The number of hydrogen-bond acceptors (Lipinski definition) is 6. The number of nitrogens with one attached hydrogen (secondary N) is 1. The third-order valence-corrected chi connectivity index (χ3v) is 10.2. The Hall–Kier alpha value is -3.36. The van der Waals surface area contributed by atoms with Gasteiger partial charge >= 0.3 is 0 Å². The van der Waals surface area contributed by atoms with Crippen molar-refractivity contribution in [3.63, 3.8) is 0 Å². The van der Waals surface area contributed by atoms with Crippen molar-refractivity contribution >= 4 is 34.3 Å². The van der Waals surface area contributed by atoms with Crippen LogP contribution in [0.3, 0.4) is 0 Å². The molecule has 2 aromatic rings. The first-order valence-corrected chi connectivity index (χ1v) is 16.2. The van der Waals surface area contributed by atoms with Crippen LogP contribution < -0.4 is 5.32 Å². The average molecular weight is 603 g/mol. The zero-order valence-electron chi connectivity index (χ0n) is 25.2. The Balaban J connectivity index is 1.29. The second-order valence-electron chi connectivity index (χ2n) is 12.4. The molecule has 0 aromatic heterocycles. The van der Waals surface area contributed by atoms with E-state index in [0.29, 0.717) is 24.8 Å². The Kier molecular flexibility index (Phi) is 9.77. The normalized spacial score (nSPS) is 23.1. The molecule has 3 N–H and O–H groups in total. The van der Waals surface area contributed by atoms with Crippen molar-refractivity contribution in [1.29, 1.82) is 0 Å². The van der Waals surface area contributed by atoms with E-state index in [9.17, 15) is 24.6 Å². The summed E-state index contributed by atoms with van der Waals surface area (Å²) in [7, 11) is 0. The largest absolute Gasteiger partial charge is 0.508 e. The number of carbonyl (C=O) groups is 3. The number of phenols is 1. The molecule has 0 spiro atoms. The number of rotatable bonds is 7. The number of hydrogen-bond donors (Lipinski definition) is 3. The van der Waals surface area contributed by atoms with Crippen LogP contribution in [0.25, 0.3) is 4.91 Å². The van der Waals surface area contributed by atoms with Gasteiger partial charge in [0.25, 0.3) is 0 Å². The Bertz CT molecular complexity index is 1450. The van der Waals surface area contributed by atoms with Crippen LogP contribution in [0.2, 0.25) is 0 Å². The fourth-order valence-electron chi connectivity index (χ4n) is 6.81. The molecule has 7 nitrogen and oxygen atoms in total. The Labute approximate surface area is 258 Å². The second-order valence-corrected chi connectivity index (χ2v) is 13.4. The number of Topliss-reactive ketones (excluding diaryl/α,β-unsaturated/α-hetero) is 1. The van der Waals surface area contributed by atoms with E-state index in [1.54, 1.807) is 17.8 Å². The highest BCUT2D eigenvalue weighted by Crippen LogP contribution is 2.38. The molecule has 43 heavy (non-hydrogen) atoms. The van der Waals surface area contributed by atoms with Gasteiger partial charge in [0.15, 0.2) is 5.78 Å². The summed E-state index contributed by atoms with van der Waals surface area (Å²) in [5, 5.41) is 26.3. The summed E-state index contributed by atoms with van der Waals surface area (Å²) < 4.78 is 0. The number of nitrogens with zero attached hydrogens (tertiary/aromatic N) is 1. The van der Waals surface area contributed by atoms with Crippen LogP contribution in [0.1, 0.15) is 79.9 Å². The van der Waals surface area contributed by atoms with Gasteiger partial charge in [-0.3, -0.25) is 14.4 Å². The molecule has 1 fully saturated rings. The number of aliphatic hydroxyl groups excluding tert-OH is 1. The van der Waals surface area contributed by atoms with E-state index in [1.165, 1.54) is 10.5 Å². The molecule has 2 heterocycles. The Morgan fingerprint density at radius 1 is 1.14 bits per heavy atom. The maximum Gasteiger partial charge on any atom is 0.243 e. The number of carbonyl (C=O) groups excluding carboxylic acids is 3. The molecule has 1 unspecified atom stereocenters. The highest BCUT2D eigenvalue weighted by atomic mass is 32.2. The number of benzene rings is 2. The molecule has 2 amide bonds. The molecule has 5 rings (SSSR count). The molecule has 228 valence electrons. The number of phenolic OH excluding ortho intramolecular Hbond substituents is 1. The lowest BCUT2D eigenvalue weighted by molar-refractivity contribution is -0.144. The first-order valence-electron chi connectivity index (χ1n) is 15.3. The summed E-state index contributed by atoms with van der Waals surface area (Å²) in [6.07, 6.45) is 5.12. The molecule has 4 atom stereocenters. The quantitative estimate of drug-likeness (QED) is 0.344. The smallest absolute Gasteiger partial charge is 0.243 e. The molecule has 0 saturated carbocycles. The highest BCUT2D eigenvalue weighted by Gasteiger charge is 2.44. The number of β-amino-alcohol motifs (C(OH)–C–C–N with tert-alkyl or cyclic N) is 1. The number of allylic oxidation sites excluding steroid dienone is 2. The number of thioether (sulfide) groups is 1. The summed E-state index contributed by atoms with van der Waals surface area (Å²) in [5.41, 5.74) is 4.51. The first kappa shape index (κ1) is 31.1. The van der Waals surface area contributed by atoms with Crippen molar-refractivity contribution in [1.82, 2.24) is 10.2 Å². The van der Waals surface area contributed by atoms with Crippen molar-refractivity contribution in [2.45, 2.75) is 78.0 Å². The van der Waals surface area contributed by atoms with Gasteiger partial charge < -0.3 is 20.4 Å². The summed E-state index contributed by atoms with van der Waals surface area (Å²) in [5.74, 6) is -0.710. The molecule has 8 heteroatoms. The Morgan fingerprint density at radius 2 is 1.93 bits per heavy atom. The molecular formula is C35H42N2O5S. The van der Waals surface area contributed by atoms with E-state index < -0.39 is 12.1 Å². The predicted octanol–water partition coefficient (Wildman–Crippen LogP) is 5.85. The van der Waals surface area contributed by atoms with Crippen molar-refractivity contribution in [3.8, 4) is 5.75 Å². The van der Waals surface area contributed by atoms with E-state index in [0.717, 1.165) is 34.4 Å². The molecular weight excluding hydrogens is 560 g/mol. The Morgan fingerprint density at radius 3 is 2.70 bits per heavy atom. The standard InChI is InChI=1S/C35H42N2O5S/c1-21(2)32(24-13-14-30(39)28-10-5-4-9-23(28)16-24)35(42)37-20-27(38)18-29(37)34(41)36-19-26-12-11-25(17-31(26)40)33-22(3)8-6-7-15-43-33/h4-5,7,9-12,15,17,21,24,27,29,32,38,40H,6,8,13-14,16,18-20H2,1-3H3,(H,36,41)/t24?,27-,29+,32-/m1/s1. The SMILES string of the molecule is CC1=C(c2ccc(CNC(=O)[C@@H]3C[C@@H](O)CN3C(=O)[C@H](C(C)C)C3CCC(=O)c4ccccc4C3)c(O)c2)SC=CCC1. The fraction of sp³-hybridized carbons (Fsp3) is 0.457. The minimum Gasteiger partial charge on any atom is -0.508 e. The van der Waals surface area contributed by atoms with E-state index in [-0.39, 0.29) is 60.6 Å². The maximum atomic E-state index is 14.1. The lowest BCUT2D eigenvalue weighted by atomic mass is 9.77. The van der Waals surface area contributed by atoms with Gasteiger partial charge in [0, 0.05) is 47.9 Å². The van der Waals surface area contributed by atoms with Crippen molar-refractivity contribution in [3.05, 3.63) is 81.8 Å². The van der Waals surface area contributed by atoms with E-state index in [4.69, 9.17) is 0 Å². The molecule has 2 aliphatic heterocycles. The number of aliphatic hydroxyl groups is 1. The van der Waals surface area contributed by atoms with Gasteiger partial charge in [0.05, 0.1) is 6.10 Å². The third kappa shape index (κ3) is 6.91. The van der Waals surface area contributed by atoms with Gasteiger partial charge in [-0.25, -0.2) is 0 Å². The zero-order chi connectivity index (χ0) is 30.7. The summed E-state index contributed by atoms with van der Waals surface area (Å²) >= 11 is 1.65. The number of ketones is 1. The van der Waals surface area contributed by atoms with Crippen LogP contribution in [0.5, 0.6) is 5.75 Å². The van der Waals surface area contributed by atoms with Crippen LogP contribution >= 0.6 is 11.8 Å². The molecule has 2 aromatic carbocycles. The second kappa shape index (κ2) is 13.5. The van der Waals surface area contributed by atoms with Crippen LogP contribution in [0.4, 0.5) is 0 Å². The van der Waals surface area contributed by atoms with Gasteiger partial charge in [0.1, 0.15) is 11.8 Å². The maximum absolute atomic E-state index is 14.1. The van der Waals surface area contributed by atoms with Gasteiger partial charge in [-0.1, -0.05) is 73.7 Å². The van der Waals surface area contributed by atoms with Gasteiger partial charge in [-0.2, -0.15) is 0 Å². The van der Waals surface area contributed by atoms with Crippen molar-refractivity contribution in [2.75, 3.05) is 6.54 Å². The summed E-state index contributed by atoms with van der Waals surface area (Å²) in [6, 6.07) is 12.4. The average Bonchev–Trinajstić information content (AvgIpc) is 3.13. The van der Waals surface area contributed by atoms with Crippen molar-refractivity contribution < 1.29 is 24.6 Å². The monoisotopic (exact) mass is 602 g/mol. The molecule has 1 saturated heterocycles. The molecule has 0 bridgehead atoms. The van der Waals surface area contributed by atoms with Crippen LogP contribution in [0, 0.1) is 17.8 Å². The predicted molar refractivity (Wildman–Crippen MR) is 170 cm³/mol. The number of fused-ring (bicyclic) bond motifs is 1. The minimum atomic E-state index is -0.799. The van der Waals surface area contributed by atoms with Gasteiger partial charge in [-0.05, 0) is 67.0 Å². The zero-order valence-corrected chi connectivity index (χ0v) is 26.0. The third-order valence-electron chi connectivity index (χ3n) is 9.07. The van der Waals surface area contributed by atoms with Crippen LogP contribution in [0.15, 0.2) is 59.5 Å². The fourth-order valence-corrected chi connectivity index (χ4v) is 7.74. The van der Waals surface area contributed by atoms with E-state index in [1.807, 2.05) is 50.2 Å². The van der Waals surface area contributed by atoms with E-state index in [2.05, 4.69) is 23.7 Å². The van der Waals surface area contributed by atoms with Crippen molar-refractivity contribution in [2.24, 2.45) is 17.8 Å². The van der Waals surface area contributed by atoms with E-state index >= 15 is 0 Å². The highest BCUT2D eigenvalue weighted by molar-refractivity contribution is 8.11. The first-order chi connectivity index (χ1) is 20.6. The summed E-state index contributed by atoms with van der Waals surface area (Å²) in [6.45, 7) is 6.34. The lowest BCUT2D eigenvalue weighted by Crippen LogP contribution is -2.50. The minimum absolute atomic E-state index is 0.00403. The number of likely N-dealkylation sites (tertiary alicyclic amines) is 1. The topological polar surface area (TPSA) is 107 Å². The molecule has 1 aliphatic carbocycles. The molecule has 0 radical (unpaired) electrons. The molecule has 3 aliphatic rings. The van der Waals surface area contributed by atoms with Crippen LogP contribution in [-0.2, 0) is 22.6 Å². The lowest BCUT2D eigenvalue weighted by Gasteiger charge is -2.34. The number of amides is 2. The number of aromatic hydroxyl groups is 1. The van der Waals surface area contributed by atoms with Crippen LogP contribution in [-0.4, -0.2) is 51.4 Å². The van der Waals surface area contributed by atoms with Gasteiger partial charge in [0.2, 0.25) is 11.8 Å². The van der Waals surface area contributed by atoms with Gasteiger partial charge in [-0.15, -0.1) is 0 Å².